The van der Waals surface area contributed by atoms with Crippen LogP contribution in [0.1, 0.15) is 56.1 Å². The Balaban J connectivity index is 0.000000514. The number of rotatable bonds is 12. The number of carboxylic acid groups (broad SMARTS) is 2. The normalized spacial score (nSPS) is 10.9. The molecule has 25 heteroatoms. The number of amides is 1. The number of benzene rings is 1. The summed E-state index contributed by atoms with van der Waals surface area (Å²) >= 11 is 0.862. The smallest absolute Gasteiger partial charge is 0.543 e. The van der Waals surface area contributed by atoms with Gasteiger partial charge in [-0.2, -0.15) is 0 Å². The molecule has 1 amide bonds. The molecule has 0 aliphatic heterocycles. The summed E-state index contributed by atoms with van der Waals surface area (Å²) in [5.74, 6) is -2.46. The molecule has 0 radical (unpaired) electrons. The Hall–Kier alpha value is -5.49. The first-order valence-electron chi connectivity index (χ1n) is 14.4. The molecule has 0 saturated carbocycles. The van der Waals surface area contributed by atoms with Crippen LogP contribution < -0.4 is 38.4 Å². The zero-order valence-corrected chi connectivity index (χ0v) is 31.2. The molecule has 0 fully saturated rings. The number of aromatic carboxylic acids is 2. The first kappa shape index (κ1) is 46.5. The van der Waals surface area contributed by atoms with Gasteiger partial charge in [0.1, 0.15) is 11.6 Å². The number of nitrogens with one attached hydrogen (secondary N) is 4. The van der Waals surface area contributed by atoms with E-state index < -0.39 is 53.6 Å². The predicted octanol–water partition coefficient (Wildman–Crippen LogP) is -2.90. The molecule has 0 atom stereocenters. The Morgan fingerprint density at radius 2 is 1.48 bits per heavy atom. The van der Waals surface area contributed by atoms with Crippen molar-refractivity contribution >= 4 is 71.9 Å². The number of hydrogen-bond donors (Lipinski definition) is 7. The van der Waals surface area contributed by atoms with E-state index >= 15 is 0 Å². The fourth-order valence-corrected chi connectivity index (χ4v) is 4.94. The predicted molar refractivity (Wildman–Crippen MR) is 186 cm³/mol. The molecule has 0 spiro atoms. The molecule has 1 aromatic carbocycles. The number of carbonyl (C=O) groups excluding carboxylic acids is 4. The van der Waals surface area contributed by atoms with Gasteiger partial charge in [-0.1, -0.05) is 30.3 Å². The molecule has 4 aromatic rings. The number of aromatic nitrogens is 6. The van der Waals surface area contributed by atoms with Crippen molar-refractivity contribution in [1.82, 2.24) is 34.8 Å². The third-order valence-electron chi connectivity index (χ3n) is 6.10. The molecule has 3 aromatic heterocycles. The minimum atomic E-state index is -4.67. The van der Waals surface area contributed by atoms with Crippen molar-refractivity contribution < 1.29 is 48.3 Å². The number of thioether (sulfide) groups is 1. The Labute approximate surface area is 322 Å². The van der Waals surface area contributed by atoms with Crippen LogP contribution in [0.4, 0.5) is 5.82 Å². The number of phosphoric acid groups is 1. The standard InChI is InChI=1S/C19H23N4O6PS.2C5H4N2O4.Mg/c1-13(23(12-24)11-16-10-21-14(2)22-18(16)20)17(8-9-29-30(26,27)28)31-19(25)15-6-4-3-5-7-15;2*8-3-1-2(4(9)10)6-5(11)7-3;/h3-7,10,12H,8-9,11H2,1-2H3,(H2,20,21,22)(H2,26,27,28);2*1H,(H,9,10)(H2,6,7,8,11);/q;;;+2/p-2/b17-13+;;;. The van der Waals surface area contributed by atoms with E-state index in [2.05, 4.69) is 14.5 Å². The number of aryl methyl sites for hydroxylation is 1. The van der Waals surface area contributed by atoms with Crippen LogP contribution in [0.3, 0.4) is 0 Å². The van der Waals surface area contributed by atoms with Crippen LogP contribution in [-0.4, -0.2) is 97.7 Å². The number of allylic oxidation sites excluding steroid dienone is 1. The number of carbonyl (C=O) groups is 4. The maximum Gasteiger partial charge on any atom is 2.00 e. The van der Waals surface area contributed by atoms with Gasteiger partial charge in [-0.05, 0) is 25.6 Å². The van der Waals surface area contributed by atoms with Crippen LogP contribution in [0.15, 0.2) is 78.4 Å². The summed E-state index contributed by atoms with van der Waals surface area (Å²) in [5.41, 5.74) is 2.96. The molecular weight excluding hydrogens is 772 g/mol. The monoisotopic (exact) mass is 800 g/mol. The van der Waals surface area contributed by atoms with Gasteiger partial charge < -0.3 is 50.2 Å². The Morgan fingerprint density at radius 3 is 1.91 bits per heavy atom. The topological polar surface area (TPSA) is 368 Å². The molecule has 22 nitrogen and oxygen atoms in total. The molecule has 0 bridgehead atoms. The fraction of sp³-hybridized carbons (Fsp3) is 0.172. The van der Waals surface area contributed by atoms with Crippen molar-refractivity contribution in [3.05, 3.63) is 129 Å². The van der Waals surface area contributed by atoms with Crippen LogP contribution in [0, 0.1) is 6.92 Å². The molecule has 4 rings (SSSR count). The minimum Gasteiger partial charge on any atom is -0.543 e. The molecule has 0 saturated heterocycles. The van der Waals surface area contributed by atoms with Gasteiger partial charge in [0.25, 0.3) is 11.1 Å². The van der Waals surface area contributed by atoms with Crippen LogP contribution in [0.25, 0.3) is 0 Å². The average molecular weight is 801 g/mol. The first-order valence-corrected chi connectivity index (χ1v) is 16.7. The number of nitrogens with two attached hydrogens (primary N) is 1. The van der Waals surface area contributed by atoms with Crippen molar-refractivity contribution in [3.8, 4) is 0 Å². The Bertz CT molecular complexity index is 2140. The summed E-state index contributed by atoms with van der Waals surface area (Å²) in [6, 6.07) is 9.98. The number of carboxylic acids is 2. The largest absolute Gasteiger partial charge is 2.00 e. The zero-order valence-electron chi connectivity index (χ0n) is 28.1. The maximum absolute atomic E-state index is 12.7. The molecule has 3 heterocycles. The summed E-state index contributed by atoms with van der Waals surface area (Å²) in [7, 11) is -4.67. The van der Waals surface area contributed by atoms with Crippen molar-refractivity contribution in [2.24, 2.45) is 0 Å². The van der Waals surface area contributed by atoms with Crippen molar-refractivity contribution in [3.63, 3.8) is 0 Å². The summed E-state index contributed by atoms with van der Waals surface area (Å²) < 4.78 is 15.5. The van der Waals surface area contributed by atoms with Crippen LogP contribution in [-0.2, 0) is 20.4 Å². The number of phosphoric ester groups is 1. The molecule has 0 aliphatic carbocycles. The molecule has 54 heavy (non-hydrogen) atoms. The zero-order chi connectivity index (χ0) is 39.9. The third-order valence-corrected chi connectivity index (χ3v) is 7.78. The minimum absolute atomic E-state index is 0. The van der Waals surface area contributed by atoms with E-state index in [0.29, 0.717) is 34.0 Å². The molecule has 8 N–H and O–H groups in total. The third kappa shape index (κ3) is 16.5. The number of nitrogen functional groups attached to an aromatic ring is 1. The van der Waals surface area contributed by atoms with Gasteiger partial charge in [0.15, 0.2) is 0 Å². The van der Waals surface area contributed by atoms with Crippen LogP contribution in [0.5, 0.6) is 0 Å². The summed E-state index contributed by atoms with van der Waals surface area (Å²) in [6.07, 6.45) is 2.09. The van der Waals surface area contributed by atoms with E-state index in [0.717, 1.165) is 23.9 Å². The van der Waals surface area contributed by atoms with E-state index in [-0.39, 0.29) is 53.6 Å². The van der Waals surface area contributed by atoms with Crippen LogP contribution in [0.2, 0.25) is 0 Å². The number of aromatic amines is 4. The SMILES string of the molecule is C/C(=C(/CCOP(=O)(O)O)SC(=O)c1ccccc1)N(C=O)Cc1cnc(C)nc1N.O=C([O-])c1cc(=O)[nH]c(=O)[nH]1.O=C([O-])c1cc(=O)[nH]c(=O)[nH]1.[Mg+2]. The van der Waals surface area contributed by atoms with Gasteiger partial charge in [0.2, 0.25) is 11.5 Å². The van der Waals surface area contributed by atoms with E-state index in [9.17, 15) is 53.1 Å². The van der Waals surface area contributed by atoms with Gasteiger partial charge in [-0.3, -0.25) is 33.7 Å². The van der Waals surface area contributed by atoms with E-state index in [1.807, 2.05) is 19.9 Å². The summed E-state index contributed by atoms with van der Waals surface area (Å²) in [4.78, 5) is 121. The fourth-order valence-electron chi connectivity index (χ4n) is 3.68. The second kappa shape index (κ2) is 21.9. The van der Waals surface area contributed by atoms with Gasteiger partial charge >= 0.3 is 42.3 Å². The van der Waals surface area contributed by atoms with Crippen molar-refractivity contribution in [2.45, 2.75) is 26.8 Å². The second-order valence-corrected chi connectivity index (χ2v) is 12.3. The number of anilines is 1. The van der Waals surface area contributed by atoms with Crippen molar-refractivity contribution in [1.29, 1.82) is 0 Å². The van der Waals surface area contributed by atoms with Gasteiger partial charge in [0.05, 0.1) is 36.5 Å². The van der Waals surface area contributed by atoms with Crippen LogP contribution >= 0.6 is 19.6 Å². The van der Waals surface area contributed by atoms with Gasteiger partial charge in [-0.25, -0.2) is 24.1 Å². The molecule has 282 valence electrons. The summed E-state index contributed by atoms with van der Waals surface area (Å²) in [6.45, 7) is 3.03. The first-order chi connectivity index (χ1) is 24.8. The van der Waals surface area contributed by atoms with Gasteiger partial charge in [0, 0.05) is 46.5 Å². The molecular formula is C29H29MgN8O14PS. The van der Waals surface area contributed by atoms with Crippen molar-refractivity contribution in [2.75, 3.05) is 12.3 Å². The summed E-state index contributed by atoms with van der Waals surface area (Å²) in [5, 5.41) is 19.9. The number of hydrogen-bond acceptors (Lipinski definition) is 16. The second-order valence-electron chi connectivity index (χ2n) is 9.98. The van der Waals surface area contributed by atoms with E-state index in [1.165, 1.54) is 11.1 Å². The van der Waals surface area contributed by atoms with E-state index in [1.54, 1.807) is 44.2 Å². The van der Waals surface area contributed by atoms with E-state index in [4.69, 9.17) is 15.5 Å². The molecule has 0 unspecified atom stereocenters. The number of H-pyrrole nitrogens is 4. The Morgan fingerprint density at radius 1 is 0.963 bits per heavy atom. The molecule has 0 aliphatic rings. The number of nitrogens with zero attached hydrogens (tertiary/aromatic N) is 3. The average Bonchev–Trinajstić information content (AvgIpc) is 3.07. The van der Waals surface area contributed by atoms with Gasteiger partial charge in [-0.15, -0.1) is 0 Å². The Kier molecular flexibility index (Phi) is 18.9. The maximum atomic E-state index is 12.7. The quantitative estimate of drug-likeness (QED) is 0.0429.